The number of unbranched alkanes of at least 4 members (excludes halogenated alkanes) is 1. The topological polar surface area (TPSA) is 43.4 Å². The van der Waals surface area contributed by atoms with Gasteiger partial charge in [-0.25, -0.2) is 9.59 Å². The van der Waals surface area contributed by atoms with Crippen LogP contribution in [0.15, 0.2) is 47.6 Å². The Morgan fingerprint density at radius 2 is 1.95 bits per heavy atom. The summed E-state index contributed by atoms with van der Waals surface area (Å²) >= 11 is 0. The van der Waals surface area contributed by atoms with E-state index in [2.05, 4.69) is 11.7 Å². The lowest BCUT2D eigenvalue weighted by molar-refractivity contribution is -0.150. The smallest absolute Gasteiger partial charge is 0.346 e. The molecule has 0 unspecified atom stereocenters. The Morgan fingerprint density at radius 1 is 1.21 bits per heavy atom. The van der Waals surface area contributed by atoms with Gasteiger partial charge in [-0.3, -0.25) is 0 Å². The summed E-state index contributed by atoms with van der Waals surface area (Å²) in [6, 6.07) is 9.75. The van der Waals surface area contributed by atoms with Crippen LogP contribution in [0.2, 0.25) is 0 Å². The maximum absolute atomic E-state index is 11.6. The van der Waals surface area contributed by atoms with Crippen molar-refractivity contribution in [3.8, 4) is 0 Å². The van der Waals surface area contributed by atoms with Crippen molar-refractivity contribution < 1.29 is 14.3 Å². The van der Waals surface area contributed by atoms with Crippen molar-refractivity contribution >= 4 is 18.0 Å². The normalized spacial score (nSPS) is 15.4. The van der Waals surface area contributed by atoms with E-state index in [1.807, 2.05) is 36.4 Å². The second-order valence-electron chi connectivity index (χ2n) is 4.45. The van der Waals surface area contributed by atoms with Gasteiger partial charge < -0.3 is 4.74 Å². The fourth-order valence-electron chi connectivity index (χ4n) is 1.98. The zero-order chi connectivity index (χ0) is 13.7. The van der Waals surface area contributed by atoms with E-state index in [4.69, 9.17) is 0 Å². The SMILES string of the molecule is CCCCC(=Cc1ccccc1)C1=CC(=O)OC1=O. The zero-order valence-corrected chi connectivity index (χ0v) is 10.9. The van der Waals surface area contributed by atoms with Gasteiger partial charge in [-0.15, -0.1) is 0 Å². The standard InChI is InChI=1S/C16H16O3/c1-2-3-9-13(10-12-7-5-4-6-8-12)14-11-15(17)19-16(14)18/h4-8,10-11H,2-3,9H2,1H3. The first-order valence-corrected chi connectivity index (χ1v) is 6.44. The summed E-state index contributed by atoms with van der Waals surface area (Å²) < 4.78 is 4.56. The first kappa shape index (κ1) is 13.3. The highest BCUT2D eigenvalue weighted by atomic mass is 16.6. The Kier molecular flexibility index (Phi) is 4.29. The molecule has 3 heteroatoms. The van der Waals surface area contributed by atoms with Crippen molar-refractivity contribution in [3.05, 3.63) is 53.1 Å². The lowest BCUT2D eigenvalue weighted by Gasteiger charge is -2.06. The average molecular weight is 256 g/mol. The van der Waals surface area contributed by atoms with E-state index < -0.39 is 11.9 Å². The van der Waals surface area contributed by atoms with E-state index >= 15 is 0 Å². The van der Waals surface area contributed by atoms with Crippen LogP contribution in [-0.2, 0) is 14.3 Å². The van der Waals surface area contributed by atoms with Crippen LogP contribution in [0.1, 0.15) is 31.7 Å². The number of ether oxygens (including phenoxy) is 1. The summed E-state index contributed by atoms with van der Waals surface area (Å²) in [6.45, 7) is 2.09. The molecule has 1 aliphatic rings. The highest BCUT2D eigenvalue weighted by Crippen LogP contribution is 2.25. The van der Waals surface area contributed by atoms with Gasteiger partial charge in [0.2, 0.25) is 0 Å². The molecule has 98 valence electrons. The Morgan fingerprint density at radius 3 is 2.53 bits per heavy atom. The van der Waals surface area contributed by atoms with Crippen LogP contribution in [0.4, 0.5) is 0 Å². The van der Waals surface area contributed by atoms with Crippen LogP contribution >= 0.6 is 0 Å². The molecule has 19 heavy (non-hydrogen) atoms. The second-order valence-corrected chi connectivity index (χ2v) is 4.45. The number of rotatable bonds is 5. The van der Waals surface area contributed by atoms with Crippen molar-refractivity contribution in [2.75, 3.05) is 0 Å². The maximum atomic E-state index is 11.6. The van der Waals surface area contributed by atoms with E-state index in [9.17, 15) is 9.59 Å². The van der Waals surface area contributed by atoms with E-state index in [-0.39, 0.29) is 0 Å². The van der Waals surface area contributed by atoms with Crippen LogP contribution in [0.25, 0.3) is 6.08 Å². The average Bonchev–Trinajstić information content (AvgIpc) is 2.75. The number of benzene rings is 1. The van der Waals surface area contributed by atoms with Gasteiger partial charge in [0.1, 0.15) is 0 Å². The van der Waals surface area contributed by atoms with Crippen LogP contribution < -0.4 is 0 Å². The molecule has 1 aliphatic heterocycles. The third kappa shape index (κ3) is 3.41. The summed E-state index contributed by atoms with van der Waals surface area (Å²) in [4.78, 5) is 22.8. The molecule has 0 radical (unpaired) electrons. The molecule has 0 fully saturated rings. The van der Waals surface area contributed by atoms with Gasteiger partial charge in [0, 0.05) is 6.08 Å². The summed E-state index contributed by atoms with van der Waals surface area (Å²) in [5.41, 5.74) is 2.27. The Balaban J connectivity index is 2.31. The minimum atomic E-state index is -0.574. The number of carbonyl (C=O) groups excluding carboxylic acids is 2. The Bertz CT molecular complexity index is 538. The van der Waals surface area contributed by atoms with Gasteiger partial charge >= 0.3 is 11.9 Å². The van der Waals surface area contributed by atoms with Crippen molar-refractivity contribution in [1.29, 1.82) is 0 Å². The van der Waals surface area contributed by atoms with Crippen LogP contribution in [0, 0.1) is 0 Å². The fraction of sp³-hybridized carbons (Fsp3) is 0.250. The van der Waals surface area contributed by atoms with E-state index in [1.165, 1.54) is 6.08 Å². The molecule has 0 bridgehead atoms. The first-order valence-electron chi connectivity index (χ1n) is 6.44. The highest BCUT2D eigenvalue weighted by molar-refractivity contribution is 6.12. The first-order chi connectivity index (χ1) is 9.20. The molecule has 1 aromatic carbocycles. The monoisotopic (exact) mass is 256 g/mol. The number of cyclic esters (lactones) is 2. The van der Waals surface area contributed by atoms with Crippen LogP contribution in [0.5, 0.6) is 0 Å². The lowest BCUT2D eigenvalue weighted by Crippen LogP contribution is -2.04. The molecule has 0 N–H and O–H groups in total. The number of carbonyl (C=O) groups is 2. The minimum absolute atomic E-state index is 0.391. The molecule has 0 aromatic heterocycles. The Hall–Kier alpha value is -2.16. The van der Waals surface area contributed by atoms with E-state index in [0.717, 1.165) is 30.4 Å². The largest absolute Gasteiger partial charge is 0.386 e. The van der Waals surface area contributed by atoms with Crippen molar-refractivity contribution in [2.24, 2.45) is 0 Å². The van der Waals surface area contributed by atoms with E-state index in [0.29, 0.717) is 5.57 Å². The van der Waals surface area contributed by atoms with E-state index in [1.54, 1.807) is 0 Å². The van der Waals surface area contributed by atoms with Gasteiger partial charge in [-0.2, -0.15) is 0 Å². The van der Waals surface area contributed by atoms with Crippen molar-refractivity contribution in [3.63, 3.8) is 0 Å². The highest BCUT2D eigenvalue weighted by Gasteiger charge is 2.26. The molecule has 0 saturated heterocycles. The summed E-state index contributed by atoms with van der Waals surface area (Å²) in [5, 5.41) is 0. The number of hydrogen-bond acceptors (Lipinski definition) is 3. The number of esters is 2. The molecular weight excluding hydrogens is 240 g/mol. The zero-order valence-electron chi connectivity index (χ0n) is 10.9. The maximum Gasteiger partial charge on any atom is 0.346 e. The fourth-order valence-corrected chi connectivity index (χ4v) is 1.98. The predicted molar refractivity (Wildman–Crippen MR) is 73.1 cm³/mol. The quantitative estimate of drug-likeness (QED) is 0.600. The minimum Gasteiger partial charge on any atom is -0.386 e. The predicted octanol–water partition coefficient (Wildman–Crippen LogP) is 3.27. The molecule has 0 aliphatic carbocycles. The third-order valence-electron chi connectivity index (χ3n) is 2.96. The Labute approximate surface area is 112 Å². The molecule has 0 atom stereocenters. The van der Waals surface area contributed by atoms with Crippen molar-refractivity contribution in [1.82, 2.24) is 0 Å². The van der Waals surface area contributed by atoms with Crippen LogP contribution in [-0.4, -0.2) is 11.9 Å². The molecule has 0 saturated carbocycles. The van der Waals surface area contributed by atoms with Gasteiger partial charge in [-0.05, 0) is 24.0 Å². The van der Waals surface area contributed by atoms with Crippen LogP contribution in [0.3, 0.4) is 0 Å². The van der Waals surface area contributed by atoms with Gasteiger partial charge in [0.05, 0.1) is 5.57 Å². The molecule has 1 aromatic rings. The number of hydrogen-bond donors (Lipinski definition) is 0. The van der Waals surface area contributed by atoms with Gasteiger partial charge in [-0.1, -0.05) is 49.8 Å². The molecule has 2 rings (SSSR count). The third-order valence-corrected chi connectivity index (χ3v) is 2.96. The van der Waals surface area contributed by atoms with Gasteiger partial charge in [0.15, 0.2) is 0 Å². The molecule has 0 amide bonds. The lowest BCUT2D eigenvalue weighted by atomic mass is 9.98. The summed E-state index contributed by atoms with van der Waals surface area (Å²) in [6.07, 6.45) is 5.99. The summed E-state index contributed by atoms with van der Waals surface area (Å²) in [7, 11) is 0. The second kappa shape index (κ2) is 6.14. The molecular formula is C16H16O3. The summed E-state index contributed by atoms with van der Waals surface area (Å²) in [5.74, 6) is -1.11. The van der Waals surface area contributed by atoms with Crippen molar-refractivity contribution in [2.45, 2.75) is 26.2 Å². The molecule has 0 spiro atoms. The van der Waals surface area contributed by atoms with Gasteiger partial charge in [0.25, 0.3) is 0 Å². The molecule has 1 heterocycles. The molecule has 3 nitrogen and oxygen atoms in total.